The van der Waals surface area contributed by atoms with E-state index in [0.717, 1.165) is 27.8 Å². The Kier molecular flexibility index (Phi) is 3.27. The summed E-state index contributed by atoms with van der Waals surface area (Å²) < 4.78 is 6.36. The third-order valence-corrected chi connectivity index (χ3v) is 4.26. The van der Waals surface area contributed by atoms with Gasteiger partial charge in [-0.3, -0.25) is 0 Å². The maximum atomic E-state index is 10.3. The number of aliphatic hydroxyl groups excluding tert-OH is 1. The molecule has 1 aromatic rings. The first kappa shape index (κ1) is 11.9. The van der Waals surface area contributed by atoms with Gasteiger partial charge in [0.05, 0.1) is 13.2 Å². The maximum Gasteiger partial charge on any atom is 0.125 e. The van der Waals surface area contributed by atoms with Crippen LogP contribution in [-0.4, -0.2) is 12.2 Å². The highest BCUT2D eigenvalue weighted by Gasteiger charge is 2.40. The van der Waals surface area contributed by atoms with Gasteiger partial charge in [-0.25, -0.2) is 0 Å². The van der Waals surface area contributed by atoms with E-state index in [1.165, 1.54) is 0 Å². The quantitative estimate of drug-likeness (QED) is 0.921. The Bertz CT molecular complexity index is 403. The van der Waals surface area contributed by atoms with Gasteiger partial charge in [0.2, 0.25) is 0 Å². The summed E-state index contributed by atoms with van der Waals surface area (Å²) in [7, 11) is 1.65. The van der Waals surface area contributed by atoms with Gasteiger partial charge in [-0.15, -0.1) is 0 Å². The summed E-state index contributed by atoms with van der Waals surface area (Å²) in [6.45, 7) is 4.19. The van der Waals surface area contributed by atoms with Gasteiger partial charge in [0.25, 0.3) is 0 Å². The zero-order valence-corrected chi connectivity index (χ0v) is 11.4. The summed E-state index contributed by atoms with van der Waals surface area (Å²) in [5.74, 6) is 1.80. The lowest BCUT2D eigenvalue weighted by Crippen LogP contribution is -2.04. The van der Waals surface area contributed by atoms with Crippen LogP contribution in [0.2, 0.25) is 0 Å². The molecule has 0 heterocycles. The Hall–Kier alpha value is -0.540. The largest absolute Gasteiger partial charge is 0.496 e. The number of hydrogen-bond donors (Lipinski definition) is 1. The Balaban J connectivity index is 2.35. The molecule has 0 bridgehead atoms. The van der Waals surface area contributed by atoms with Crippen LogP contribution in [0.4, 0.5) is 0 Å². The third-order valence-electron chi connectivity index (χ3n) is 3.41. The van der Waals surface area contributed by atoms with Crippen LogP contribution < -0.4 is 4.74 Å². The van der Waals surface area contributed by atoms with Crippen molar-refractivity contribution in [1.29, 1.82) is 0 Å². The van der Waals surface area contributed by atoms with E-state index in [0.29, 0.717) is 11.8 Å². The van der Waals surface area contributed by atoms with E-state index in [2.05, 4.69) is 22.9 Å². The van der Waals surface area contributed by atoms with Gasteiger partial charge in [0.15, 0.2) is 0 Å². The fourth-order valence-electron chi connectivity index (χ4n) is 2.10. The Morgan fingerprint density at radius 2 is 2.12 bits per heavy atom. The van der Waals surface area contributed by atoms with Crippen molar-refractivity contribution in [3.8, 4) is 5.75 Å². The first-order valence-electron chi connectivity index (χ1n) is 5.56. The first-order chi connectivity index (χ1) is 7.54. The van der Waals surface area contributed by atoms with Crippen LogP contribution in [0.5, 0.6) is 5.75 Å². The van der Waals surface area contributed by atoms with E-state index in [1.54, 1.807) is 7.11 Å². The molecule has 0 aliphatic heterocycles. The molecule has 0 radical (unpaired) electrons. The standard InChI is InChI=1S/C13H17BrO2/c1-7-4-9(7)13(15)10-6-11(14)8(2)5-12(10)16-3/h5-7,9,13,15H,4H2,1-3H3. The Labute approximate surface area is 105 Å². The summed E-state index contributed by atoms with van der Waals surface area (Å²) in [6.07, 6.45) is 0.706. The van der Waals surface area contributed by atoms with Gasteiger partial charge in [0, 0.05) is 10.0 Å². The number of aryl methyl sites for hydroxylation is 1. The van der Waals surface area contributed by atoms with Crippen molar-refractivity contribution in [3.63, 3.8) is 0 Å². The predicted octanol–water partition coefficient (Wildman–Crippen LogP) is 3.46. The maximum absolute atomic E-state index is 10.3. The molecule has 2 nitrogen and oxygen atoms in total. The number of aliphatic hydroxyl groups is 1. The number of hydrogen-bond acceptors (Lipinski definition) is 2. The normalized spacial score (nSPS) is 25.3. The Morgan fingerprint density at radius 1 is 1.50 bits per heavy atom. The van der Waals surface area contributed by atoms with Crippen LogP contribution >= 0.6 is 15.9 Å². The van der Waals surface area contributed by atoms with E-state index in [1.807, 2.05) is 19.1 Å². The molecule has 1 fully saturated rings. The topological polar surface area (TPSA) is 29.5 Å². The molecule has 3 heteroatoms. The number of benzene rings is 1. The van der Waals surface area contributed by atoms with Crippen LogP contribution in [-0.2, 0) is 0 Å². The molecule has 1 aromatic carbocycles. The van der Waals surface area contributed by atoms with Crippen molar-refractivity contribution in [2.24, 2.45) is 11.8 Å². The second-order valence-corrected chi connectivity index (χ2v) is 5.52. The molecule has 0 amide bonds. The molecule has 1 saturated carbocycles. The van der Waals surface area contributed by atoms with Crippen molar-refractivity contribution < 1.29 is 9.84 Å². The molecular formula is C13H17BrO2. The summed E-state index contributed by atoms with van der Waals surface area (Å²) in [5, 5.41) is 10.3. The van der Waals surface area contributed by atoms with Crippen LogP contribution in [0.1, 0.15) is 30.6 Å². The minimum absolute atomic E-state index is 0.392. The fourth-order valence-corrected chi connectivity index (χ4v) is 2.46. The predicted molar refractivity (Wildman–Crippen MR) is 67.7 cm³/mol. The third kappa shape index (κ3) is 2.11. The Morgan fingerprint density at radius 3 is 2.62 bits per heavy atom. The van der Waals surface area contributed by atoms with Crippen molar-refractivity contribution in [1.82, 2.24) is 0 Å². The van der Waals surface area contributed by atoms with Gasteiger partial charge in [-0.1, -0.05) is 22.9 Å². The van der Waals surface area contributed by atoms with Gasteiger partial charge in [-0.05, 0) is 42.9 Å². The average molecular weight is 285 g/mol. The smallest absolute Gasteiger partial charge is 0.125 e. The monoisotopic (exact) mass is 284 g/mol. The molecular weight excluding hydrogens is 268 g/mol. The van der Waals surface area contributed by atoms with E-state index in [4.69, 9.17) is 4.74 Å². The van der Waals surface area contributed by atoms with Crippen molar-refractivity contribution in [3.05, 3.63) is 27.7 Å². The molecule has 16 heavy (non-hydrogen) atoms. The number of halogens is 1. The molecule has 3 unspecified atom stereocenters. The fraction of sp³-hybridized carbons (Fsp3) is 0.538. The zero-order valence-electron chi connectivity index (χ0n) is 9.83. The van der Waals surface area contributed by atoms with Crippen molar-refractivity contribution in [2.45, 2.75) is 26.4 Å². The minimum atomic E-state index is -0.401. The molecule has 1 aliphatic rings. The van der Waals surface area contributed by atoms with Gasteiger partial charge in [-0.2, -0.15) is 0 Å². The highest BCUT2D eigenvalue weighted by Crippen LogP contribution is 2.49. The molecule has 3 atom stereocenters. The average Bonchev–Trinajstić information content (AvgIpc) is 2.98. The van der Waals surface area contributed by atoms with Crippen LogP contribution in [0.15, 0.2) is 16.6 Å². The molecule has 0 saturated heterocycles. The lowest BCUT2D eigenvalue weighted by molar-refractivity contribution is 0.144. The number of ether oxygens (including phenoxy) is 1. The van der Waals surface area contributed by atoms with Gasteiger partial charge >= 0.3 is 0 Å². The van der Waals surface area contributed by atoms with Crippen molar-refractivity contribution >= 4 is 15.9 Å². The summed E-state index contributed by atoms with van der Waals surface area (Å²) in [4.78, 5) is 0. The van der Waals surface area contributed by atoms with Crippen LogP contribution in [0, 0.1) is 18.8 Å². The first-order valence-corrected chi connectivity index (χ1v) is 6.36. The van der Waals surface area contributed by atoms with E-state index >= 15 is 0 Å². The second-order valence-electron chi connectivity index (χ2n) is 4.67. The molecule has 1 N–H and O–H groups in total. The number of methoxy groups -OCH3 is 1. The number of rotatable bonds is 3. The second kappa shape index (κ2) is 4.38. The van der Waals surface area contributed by atoms with Gasteiger partial charge in [0.1, 0.15) is 5.75 Å². The highest BCUT2D eigenvalue weighted by molar-refractivity contribution is 9.10. The van der Waals surface area contributed by atoms with Crippen molar-refractivity contribution in [2.75, 3.05) is 7.11 Å². The van der Waals surface area contributed by atoms with Crippen LogP contribution in [0.3, 0.4) is 0 Å². The summed E-state index contributed by atoms with van der Waals surface area (Å²) in [6, 6.07) is 3.94. The molecule has 88 valence electrons. The molecule has 1 aliphatic carbocycles. The van der Waals surface area contributed by atoms with E-state index < -0.39 is 6.10 Å². The lowest BCUT2D eigenvalue weighted by Gasteiger charge is -2.16. The van der Waals surface area contributed by atoms with E-state index in [-0.39, 0.29) is 0 Å². The zero-order chi connectivity index (χ0) is 11.9. The SMILES string of the molecule is COc1cc(C)c(Br)cc1C(O)C1CC1C. The highest BCUT2D eigenvalue weighted by atomic mass is 79.9. The minimum Gasteiger partial charge on any atom is -0.496 e. The molecule has 0 spiro atoms. The molecule has 2 rings (SSSR count). The molecule has 0 aromatic heterocycles. The summed E-state index contributed by atoms with van der Waals surface area (Å²) >= 11 is 3.50. The summed E-state index contributed by atoms with van der Waals surface area (Å²) in [5.41, 5.74) is 2.02. The lowest BCUT2D eigenvalue weighted by atomic mass is 10.0. The van der Waals surface area contributed by atoms with Crippen LogP contribution in [0.25, 0.3) is 0 Å². The van der Waals surface area contributed by atoms with Gasteiger partial charge < -0.3 is 9.84 Å². The van der Waals surface area contributed by atoms with E-state index in [9.17, 15) is 5.11 Å².